The van der Waals surface area contributed by atoms with Gasteiger partial charge in [-0.3, -0.25) is 14.4 Å². The normalized spacial score (nSPS) is 10.4. The number of benzene rings is 2. The van der Waals surface area contributed by atoms with Gasteiger partial charge in [0.2, 0.25) is 17.7 Å². The van der Waals surface area contributed by atoms with Crippen LogP contribution in [0.4, 0.5) is 11.4 Å². The first kappa shape index (κ1) is 24.3. The van der Waals surface area contributed by atoms with Crippen molar-refractivity contribution in [3.05, 3.63) is 65.2 Å². The first-order valence-corrected chi connectivity index (χ1v) is 11.9. The number of carbonyl (C=O) groups excluding carboxylic acids is 3. The fraction of sp³-hybridized carbons (Fsp3) is 0.217. The molecule has 2 aromatic carbocycles. The van der Waals surface area contributed by atoms with E-state index in [1.54, 1.807) is 31.4 Å². The van der Waals surface area contributed by atoms with Crippen LogP contribution in [0.5, 0.6) is 5.75 Å². The van der Waals surface area contributed by atoms with Gasteiger partial charge in [-0.1, -0.05) is 30.0 Å². The van der Waals surface area contributed by atoms with Crippen LogP contribution in [0.2, 0.25) is 0 Å². The molecular formula is C23H24N4O4S2. The van der Waals surface area contributed by atoms with Gasteiger partial charge in [-0.2, -0.15) is 0 Å². The Balaban J connectivity index is 1.42. The number of rotatable bonds is 10. The summed E-state index contributed by atoms with van der Waals surface area (Å²) in [7, 11) is 1.61. The van der Waals surface area contributed by atoms with Crippen molar-refractivity contribution in [2.75, 3.05) is 23.5 Å². The Hall–Kier alpha value is -3.37. The van der Waals surface area contributed by atoms with Gasteiger partial charge in [0.1, 0.15) is 5.75 Å². The molecule has 1 heterocycles. The van der Waals surface area contributed by atoms with Crippen LogP contribution in [0.1, 0.15) is 18.2 Å². The van der Waals surface area contributed by atoms with E-state index in [1.807, 2.05) is 29.6 Å². The van der Waals surface area contributed by atoms with Crippen LogP contribution in [0, 0.1) is 0 Å². The Bertz CT molecular complexity index is 1120. The summed E-state index contributed by atoms with van der Waals surface area (Å²) in [5, 5.41) is 10.2. The highest BCUT2D eigenvalue weighted by Crippen LogP contribution is 2.23. The number of thiazole rings is 1. The summed E-state index contributed by atoms with van der Waals surface area (Å²) in [4.78, 5) is 40.1. The summed E-state index contributed by atoms with van der Waals surface area (Å²) in [5.41, 5.74) is 2.86. The summed E-state index contributed by atoms with van der Waals surface area (Å²) in [6, 6.07) is 14.4. The number of thioether (sulfide) groups is 1. The second-order valence-corrected chi connectivity index (χ2v) is 9.09. The molecule has 33 heavy (non-hydrogen) atoms. The standard InChI is InChI=1S/C23H24N4O4S2/c1-15(28)25-17-4-3-5-18(10-17)26-22(30)14-33-23-27-19(13-32-23)11-21(29)24-12-16-6-8-20(31-2)9-7-16/h3-10,13H,11-12,14H2,1-2H3,(H,24,29)(H,25,28)(H,26,30). The first-order chi connectivity index (χ1) is 15.9. The minimum absolute atomic E-state index is 0.121. The van der Waals surface area contributed by atoms with Crippen LogP contribution < -0.4 is 20.7 Å². The maximum atomic E-state index is 12.2. The lowest BCUT2D eigenvalue weighted by molar-refractivity contribution is -0.120. The summed E-state index contributed by atoms with van der Waals surface area (Å²) >= 11 is 2.70. The van der Waals surface area contributed by atoms with E-state index in [0.29, 0.717) is 23.6 Å². The zero-order valence-corrected chi connectivity index (χ0v) is 19.8. The minimum atomic E-state index is -0.186. The van der Waals surface area contributed by atoms with E-state index in [2.05, 4.69) is 20.9 Å². The molecule has 0 aliphatic rings. The molecular weight excluding hydrogens is 460 g/mol. The van der Waals surface area contributed by atoms with Gasteiger partial charge in [0.05, 0.1) is 25.0 Å². The van der Waals surface area contributed by atoms with E-state index in [9.17, 15) is 14.4 Å². The van der Waals surface area contributed by atoms with Crippen LogP contribution in [0.15, 0.2) is 58.3 Å². The van der Waals surface area contributed by atoms with E-state index >= 15 is 0 Å². The number of ether oxygens (including phenoxy) is 1. The Morgan fingerprint density at radius 2 is 1.76 bits per heavy atom. The van der Waals surface area contributed by atoms with E-state index in [-0.39, 0.29) is 29.9 Å². The fourth-order valence-electron chi connectivity index (χ4n) is 2.81. The van der Waals surface area contributed by atoms with Gasteiger partial charge in [-0.15, -0.1) is 11.3 Å². The van der Waals surface area contributed by atoms with Crippen molar-refractivity contribution in [2.24, 2.45) is 0 Å². The topological polar surface area (TPSA) is 109 Å². The number of carbonyl (C=O) groups is 3. The maximum Gasteiger partial charge on any atom is 0.234 e. The molecule has 0 spiro atoms. The largest absolute Gasteiger partial charge is 0.497 e. The molecule has 172 valence electrons. The lowest BCUT2D eigenvalue weighted by atomic mass is 10.2. The molecule has 3 N–H and O–H groups in total. The van der Waals surface area contributed by atoms with Crippen molar-refractivity contribution in [3.8, 4) is 5.75 Å². The molecule has 3 amide bonds. The van der Waals surface area contributed by atoms with Crippen LogP contribution in [-0.2, 0) is 27.3 Å². The number of aromatic nitrogens is 1. The van der Waals surface area contributed by atoms with Gasteiger partial charge in [-0.05, 0) is 35.9 Å². The number of hydrogen-bond donors (Lipinski definition) is 3. The van der Waals surface area contributed by atoms with E-state index < -0.39 is 0 Å². The maximum absolute atomic E-state index is 12.2. The van der Waals surface area contributed by atoms with Crippen molar-refractivity contribution < 1.29 is 19.1 Å². The predicted molar refractivity (Wildman–Crippen MR) is 131 cm³/mol. The van der Waals surface area contributed by atoms with Crippen molar-refractivity contribution in [3.63, 3.8) is 0 Å². The average Bonchev–Trinajstić information content (AvgIpc) is 3.23. The van der Waals surface area contributed by atoms with Gasteiger partial charge in [-0.25, -0.2) is 4.98 Å². The number of methoxy groups -OCH3 is 1. The van der Waals surface area contributed by atoms with Gasteiger partial charge in [0, 0.05) is 30.2 Å². The molecule has 3 rings (SSSR count). The van der Waals surface area contributed by atoms with Gasteiger partial charge in [0.15, 0.2) is 4.34 Å². The highest BCUT2D eigenvalue weighted by molar-refractivity contribution is 8.01. The smallest absolute Gasteiger partial charge is 0.234 e. The summed E-state index contributed by atoms with van der Waals surface area (Å²) in [5.74, 6) is 0.465. The number of nitrogens with zero attached hydrogens (tertiary/aromatic N) is 1. The Labute approximate surface area is 200 Å². The zero-order chi connectivity index (χ0) is 23.6. The molecule has 0 aliphatic carbocycles. The molecule has 0 atom stereocenters. The Morgan fingerprint density at radius 1 is 1.03 bits per heavy atom. The zero-order valence-electron chi connectivity index (χ0n) is 18.2. The van der Waals surface area contributed by atoms with Crippen LogP contribution in [-0.4, -0.2) is 35.6 Å². The molecule has 0 unspecified atom stereocenters. The van der Waals surface area contributed by atoms with Crippen molar-refractivity contribution in [1.29, 1.82) is 0 Å². The number of hydrogen-bond acceptors (Lipinski definition) is 7. The molecule has 3 aromatic rings. The molecule has 0 aliphatic heterocycles. The second-order valence-electron chi connectivity index (χ2n) is 7.01. The average molecular weight is 485 g/mol. The molecule has 0 saturated heterocycles. The minimum Gasteiger partial charge on any atom is -0.497 e. The fourth-order valence-corrected chi connectivity index (χ4v) is 4.45. The van der Waals surface area contributed by atoms with Crippen LogP contribution in [0.25, 0.3) is 0 Å². The summed E-state index contributed by atoms with van der Waals surface area (Å²) in [6.45, 7) is 1.85. The van der Waals surface area contributed by atoms with E-state index in [1.165, 1.54) is 30.0 Å². The lowest BCUT2D eigenvalue weighted by Crippen LogP contribution is -2.24. The molecule has 0 bridgehead atoms. The summed E-state index contributed by atoms with van der Waals surface area (Å²) < 4.78 is 5.84. The predicted octanol–water partition coefficient (Wildman–Crippen LogP) is 3.70. The van der Waals surface area contributed by atoms with Crippen LogP contribution in [0.3, 0.4) is 0 Å². The Kier molecular flexibility index (Phi) is 8.85. The molecule has 0 radical (unpaired) electrons. The number of anilines is 2. The Morgan fingerprint density at radius 3 is 2.45 bits per heavy atom. The lowest BCUT2D eigenvalue weighted by Gasteiger charge is -2.07. The van der Waals surface area contributed by atoms with Crippen molar-refractivity contribution in [2.45, 2.75) is 24.2 Å². The first-order valence-electron chi connectivity index (χ1n) is 10.1. The molecule has 0 fully saturated rings. The quantitative estimate of drug-likeness (QED) is 0.379. The third kappa shape index (κ3) is 8.24. The molecule has 10 heteroatoms. The second kappa shape index (κ2) is 12.0. The molecule has 8 nitrogen and oxygen atoms in total. The van der Waals surface area contributed by atoms with Crippen LogP contribution >= 0.6 is 23.1 Å². The SMILES string of the molecule is COc1ccc(CNC(=O)Cc2csc(SCC(=O)Nc3cccc(NC(C)=O)c3)n2)cc1. The summed E-state index contributed by atoms with van der Waals surface area (Å²) in [6.07, 6.45) is 0.176. The van der Waals surface area contributed by atoms with Gasteiger partial charge >= 0.3 is 0 Å². The highest BCUT2D eigenvalue weighted by atomic mass is 32.2. The van der Waals surface area contributed by atoms with E-state index in [4.69, 9.17) is 4.74 Å². The monoisotopic (exact) mass is 484 g/mol. The third-order valence-electron chi connectivity index (χ3n) is 4.31. The molecule has 0 saturated carbocycles. The van der Waals surface area contributed by atoms with Gasteiger partial charge in [0.25, 0.3) is 0 Å². The highest BCUT2D eigenvalue weighted by Gasteiger charge is 2.11. The third-order valence-corrected chi connectivity index (χ3v) is 6.38. The molecule has 1 aromatic heterocycles. The van der Waals surface area contributed by atoms with Crippen molar-refractivity contribution >= 4 is 52.2 Å². The van der Waals surface area contributed by atoms with Crippen molar-refractivity contribution in [1.82, 2.24) is 10.3 Å². The number of amides is 3. The van der Waals surface area contributed by atoms with E-state index in [0.717, 1.165) is 15.7 Å². The number of nitrogens with one attached hydrogen (secondary N) is 3. The van der Waals surface area contributed by atoms with Gasteiger partial charge < -0.3 is 20.7 Å².